The van der Waals surface area contributed by atoms with E-state index in [0.29, 0.717) is 11.1 Å². The maximum absolute atomic E-state index is 12.1. The van der Waals surface area contributed by atoms with Crippen LogP contribution in [0, 0.1) is 11.3 Å². The van der Waals surface area contributed by atoms with E-state index in [1.54, 1.807) is 0 Å². The van der Waals surface area contributed by atoms with Crippen LogP contribution >= 0.6 is 11.3 Å². The van der Waals surface area contributed by atoms with Gasteiger partial charge in [-0.2, -0.15) is 5.26 Å². The number of azide groups is 1. The van der Waals surface area contributed by atoms with Crippen molar-refractivity contribution in [3.63, 3.8) is 0 Å². The molecule has 7 heteroatoms. The van der Waals surface area contributed by atoms with E-state index in [0.717, 1.165) is 16.9 Å². The lowest BCUT2D eigenvalue weighted by atomic mass is 9.86. The van der Waals surface area contributed by atoms with Crippen LogP contribution in [-0.4, -0.2) is 13.1 Å². The second-order valence-electron chi connectivity index (χ2n) is 6.11. The van der Waals surface area contributed by atoms with E-state index in [-0.39, 0.29) is 20.9 Å². The van der Waals surface area contributed by atoms with Crippen molar-refractivity contribution in [2.75, 3.05) is 7.11 Å². The molecular formula is C17H16N4O2S. The molecule has 1 aromatic heterocycles. The van der Waals surface area contributed by atoms with Crippen LogP contribution in [0.2, 0.25) is 0 Å². The number of thiophene rings is 1. The van der Waals surface area contributed by atoms with Crippen molar-refractivity contribution in [3.05, 3.63) is 50.7 Å². The van der Waals surface area contributed by atoms with Gasteiger partial charge in [0.25, 0.3) is 0 Å². The highest BCUT2D eigenvalue weighted by Crippen LogP contribution is 2.42. The van der Waals surface area contributed by atoms with Crippen molar-refractivity contribution in [1.29, 1.82) is 5.26 Å². The van der Waals surface area contributed by atoms with Crippen LogP contribution in [0.1, 0.15) is 41.6 Å². The van der Waals surface area contributed by atoms with Crippen molar-refractivity contribution >= 4 is 22.3 Å². The molecule has 0 aliphatic rings. The number of esters is 1. The first-order chi connectivity index (χ1) is 11.3. The lowest BCUT2D eigenvalue weighted by Gasteiger charge is -2.19. The van der Waals surface area contributed by atoms with Crippen molar-refractivity contribution in [3.8, 4) is 17.2 Å². The number of carbonyl (C=O) groups is 1. The summed E-state index contributed by atoms with van der Waals surface area (Å²) < 4.78 is 4.79. The van der Waals surface area contributed by atoms with E-state index in [2.05, 4.69) is 30.8 Å². The Morgan fingerprint density at radius 3 is 2.42 bits per heavy atom. The molecule has 0 aliphatic heterocycles. The fraction of sp³-hybridized carbons (Fsp3) is 0.294. The van der Waals surface area contributed by atoms with Crippen molar-refractivity contribution < 1.29 is 9.53 Å². The van der Waals surface area contributed by atoms with Gasteiger partial charge < -0.3 is 4.74 Å². The van der Waals surface area contributed by atoms with Gasteiger partial charge in [0.2, 0.25) is 0 Å². The number of ether oxygens (including phenoxy) is 1. The molecule has 0 spiro atoms. The van der Waals surface area contributed by atoms with Crippen molar-refractivity contribution in [2.24, 2.45) is 5.11 Å². The van der Waals surface area contributed by atoms with Gasteiger partial charge in [-0.3, -0.25) is 0 Å². The molecule has 0 atom stereocenters. The van der Waals surface area contributed by atoms with E-state index < -0.39 is 5.97 Å². The monoisotopic (exact) mass is 340 g/mol. The second kappa shape index (κ2) is 6.75. The fourth-order valence-corrected chi connectivity index (χ4v) is 3.29. The van der Waals surface area contributed by atoms with Crippen molar-refractivity contribution in [2.45, 2.75) is 26.2 Å². The molecule has 24 heavy (non-hydrogen) atoms. The minimum Gasteiger partial charge on any atom is -0.465 e. The Bertz CT molecular complexity index is 864. The molecule has 122 valence electrons. The number of methoxy groups -OCH3 is 1. The summed E-state index contributed by atoms with van der Waals surface area (Å²) in [5, 5.41) is 13.1. The van der Waals surface area contributed by atoms with E-state index in [1.165, 1.54) is 7.11 Å². The Kier molecular flexibility index (Phi) is 4.93. The fourth-order valence-electron chi connectivity index (χ4n) is 2.28. The van der Waals surface area contributed by atoms with Crippen LogP contribution in [0.3, 0.4) is 0 Å². The highest BCUT2D eigenvalue weighted by atomic mass is 32.1. The number of benzene rings is 1. The molecule has 0 bridgehead atoms. The Hall–Kier alpha value is -2.81. The Morgan fingerprint density at radius 1 is 1.33 bits per heavy atom. The van der Waals surface area contributed by atoms with Crippen LogP contribution in [0.5, 0.6) is 0 Å². The van der Waals surface area contributed by atoms with Crippen LogP contribution in [0.25, 0.3) is 21.6 Å². The zero-order chi connectivity index (χ0) is 17.9. The molecule has 0 aliphatic carbocycles. The van der Waals surface area contributed by atoms with Crippen molar-refractivity contribution in [1.82, 2.24) is 0 Å². The Balaban J connectivity index is 2.70. The highest BCUT2D eigenvalue weighted by molar-refractivity contribution is 7.18. The predicted molar refractivity (Wildman–Crippen MR) is 93.3 cm³/mol. The normalized spacial score (nSPS) is 10.6. The summed E-state index contributed by atoms with van der Waals surface area (Å²) in [4.78, 5) is 15.0. The standard InChI is InChI=1S/C17H16N4O2S/c1-17(2,3)11-7-5-10(6-8-11)13-12(9-18)15(20-21-19)24-14(13)16(22)23-4/h5-8H,1-4H3. The molecule has 6 nitrogen and oxygen atoms in total. The van der Waals surface area contributed by atoms with Gasteiger partial charge in [0.15, 0.2) is 0 Å². The van der Waals surface area contributed by atoms with E-state index in [9.17, 15) is 10.1 Å². The lowest BCUT2D eigenvalue weighted by Crippen LogP contribution is -2.10. The molecule has 2 aromatic rings. The zero-order valence-corrected chi connectivity index (χ0v) is 14.6. The summed E-state index contributed by atoms with van der Waals surface area (Å²) in [6, 6.07) is 9.66. The number of nitriles is 1. The van der Waals surface area contributed by atoms with Crippen LogP contribution in [-0.2, 0) is 10.2 Å². The van der Waals surface area contributed by atoms with Gasteiger partial charge >= 0.3 is 5.97 Å². The van der Waals surface area contributed by atoms with Gasteiger partial charge in [0.05, 0.1) is 12.7 Å². The molecule has 0 unspecified atom stereocenters. The first-order valence-electron chi connectivity index (χ1n) is 7.14. The number of nitrogens with zero attached hydrogens (tertiary/aromatic N) is 4. The topological polar surface area (TPSA) is 98.8 Å². The number of rotatable bonds is 3. The minimum absolute atomic E-state index is 0.00727. The summed E-state index contributed by atoms with van der Waals surface area (Å²) in [7, 11) is 1.27. The summed E-state index contributed by atoms with van der Waals surface area (Å²) in [6.45, 7) is 6.31. The Labute approximate surface area is 143 Å². The zero-order valence-electron chi connectivity index (χ0n) is 13.8. The van der Waals surface area contributed by atoms with Gasteiger partial charge in [-0.1, -0.05) is 45.0 Å². The average molecular weight is 340 g/mol. The smallest absolute Gasteiger partial charge is 0.348 e. The van der Waals surface area contributed by atoms with Crippen LogP contribution < -0.4 is 0 Å². The molecule has 0 N–H and O–H groups in total. The summed E-state index contributed by atoms with van der Waals surface area (Å²) in [5.74, 6) is -0.564. The second-order valence-corrected chi connectivity index (χ2v) is 7.11. The maximum Gasteiger partial charge on any atom is 0.348 e. The third-order valence-corrected chi connectivity index (χ3v) is 4.60. The minimum atomic E-state index is -0.564. The molecule has 1 aromatic carbocycles. The van der Waals surface area contributed by atoms with Crippen LogP contribution in [0.15, 0.2) is 29.4 Å². The largest absolute Gasteiger partial charge is 0.465 e. The van der Waals surface area contributed by atoms with Gasteiger partial charge in [0, 0.05) is 10.5 Å². The maximum atomic E-state index is 12.1. The number of hydrogen-bond acceptors (Lipinski definition) is 5. The van der Waals surface area contributed by atoms with Gasteiger partial charge in [-0.25, -0.2) is 4.79 Å². The van der Waals surface area contributed by atoms with Crippen LogP contribution in [0.4, 0.5) is 5.00 Å². The SMILES string of the molecule is COC(=O)c1sc(N=[N+]=[N-])c(C#N)c1-c1ccc(C(C)(C)C)cc1. The van der Waals surface area contributed by atoms with Gasteiger partial charge in [-0.05, 0) is 27.2 Å². The molecule has 0 amide bonds. The number of carbonyl (C=O) groups excluding carboxylic acids is 1. The quantitative estimate of drug-likeness (QED) is 0.327. The first kappa shape index (κ1) is 17.5. The molecular weight excluding hydrogens is 324 g/mol. The van der Waals surface area contributed by atoms with Gasteiger partial charge in [0.1, 0.15) is 15.9 Å². The highest BCUT2D eigenvalue weighted by Gasteiger charge is 2.24. The molecule has 0 radical (unpaired) electrons. The summed E-state index contributed by atoms with van der Waals surface area (Å²) in [5.41, 5.74) is 11.1. The number of hydrogen-bond donors (Lipinski definition) is 0. The summed E-state index contributed by atoms with van der Waals surface area (Å²) >= 11 is 0.955. The van der Waals surface area contributed by atoms with Gasteiger partial charge in [-0.15, -0.1) is 11.3 Å². The van der Waals surface area contributed by atoms with E-state index >= 15 is 0 Å². The first-order valence-corrected chi connectivity index (χ1v) is 7.96. The molecule has 0 saturated heterocycles. The summed E-state index contributed by atoms with van der Waals surface area (Å²) in [6.07, 6.45) is 0. The Morgan fingerprint density at radius 2 is 1.96 bits per heavy atom. The predicted octanol–water partition coefficient (Wildman–Crippen LogP) is 5.31. The van der Waals surface area contributed by atoms with E-state index in [1.807, 2.05) is 30.3 Å². The van der Waals surface area contributed by atoms with E-state index in [4.69, 9.17) is 10.3 Å². The molecule has 0 fully saturated rings. The average Bonchev–Trinajstić information content (AvgIpc) is 2.92. The molecule has 1 heterocycles. The molecule has 2 rings (SSSR count). The third-order valence-electron chi connectivity index (χ3n) is 3.55. The molecule has 0 saturated carbocycles. The third kappa shape index (κ3) is 3.25. The lowest BCUT2D eigenvalue weighted by molar-refractivity contribution is 0.0607.